The molecule has 0 aliphatic heterocycles. The van der Waals surface area contributed by atoms with E-state index in [2.05, 4.69) is 31.3 Å². The summed E-state index contributed by atoms with van der Waals surface area (Å²) < 4.78 is 0. The largest absolute Gasteiger partial charge is 0.506 e. The normalized spacial score (nSPS) is 11.9. The third kappa shape index (κ3) is 2.13. The Bertz CT molecular complexity index is 747. The summed E-state index contributed by atoms with van der Waals surface area (Å²) in [7, 11) is 0. The van der Waals surface area contributed by atoms with E-state index in [4.69, 9.17) is 0 Å². The molecular weight excluding hydrogens is 250 g/mol. The van der Waals surface area contributed by atoms with E-state index in [9.17, 15) is 5.11 Å². The molecule has 0 amide bonds. The van der Waals surface area contributed by atoms with E-state index in [0.717, 1.165) is 11.0 Å². The quantitative estimate of drug-likeness (QED) is 0.619. The maximum absolute atomic E-state index is 10.0. The number of anilines is 1. The monoisotopic (exact) mass is 269 g/mol. The van der Waals surface area contributed by atoms with E-state index < -0.39 is 0 Å². The molecule has 0 spiro atoms. The minimum Gasteiger partial charge on any atom is -0.506 e. The van der Waals surface area contributed by atoms with Gasteiger partial charge in [0, 0.05) is 0 Å². The van der Waals surface area contributed by atoms with Gasteiger partial charge in [-0.25, -0.2) is 0 Å². The van der Waals surface area contributed by atoms with Gasteiger partial charge in [0.05, 0.1) is 11.2 Å². The van der Waals surface area contributed by atoms with Crippen LogP contribution in [0.25, 0.3) is 11.0 Å². The molecule has 0 aliphatic carbocycles. The van der Waals surface area contributed by atoms with E-state index in [1.165, 1.54) is 5.56 Å². The van der Waals surface area contributed by atoms with Crippen molar-refractivity contribution in [1.82, 2.24) is 9.89 Å². The van der Waals surface area contributed by atoms with Crippen LogP contribution >= 0.6 is 0 Å². The summed E-state index contributed by atoms with van der Waals surface area (Å²) in [4.78, 5) is 1.80. The van der Waals surface area contributed by atoms with Crippen LogP contribution in [0, 0.1) is 0 Å². The van der Waals surface area contributed by atoms with Crippen LogP contribution in [0.2, 0.25) is 0 Å². The minimum absolute atomic E-state index is 0.0460. The number of para-hydroxylation sites is 2. The van der Waals surface area contributed by atoms with Crippen LogP contribution in [-0.4, -0.2) is 15.0 Å². The van der Waals surface area contributed by atoms with Crippen LogP contribution in [0.15, 0.2) is 42.5 Å². The molecule has 3 aromatic rings. The molecule has 0 bridgehead atoms. The lowest BCUT2D eigenvalue weighted by atomic mass is 9.87. The van der Waals surface area contributed by atoms with Crippen LogP contribution in [-0.2, 0) is 5.41 Å². The Morgan fingerprint density at radius 1 is 1.10 bits per heavy atom. The highest BCUT2D eigenvalue weighted by Crippen LogP contribution is 2.31. The van der Waals surface area contributed by atoms with Crippen LogP contribution in [0.4, 0.5) is 5.69 Å². The molecule has 0 fully saturated rings. The Hall–Kier alpha value is -2.36. The zero-order chi connectivity index (χ0) is 14.3. The first kappa shape index (κ1) is 12.7. The fraction of sp³-hybridized carbons (Fsp3) is 0.250. The SMILES string of the molecule is CC(C)(C)c1ccc(O)c(Nn2[nH]c3ccccc32)c1. The first-order valence-electron chi connectivity index (χ1n) is 6.71. The maximum Gasteiger partial charge on any atom is 0.140 e. The molecular formula is C16H19N3O. The number of H-pyrrole nitrogens is 1. The third-order valence-electron chi connectivity index (χ3n) is 3.47. The van der Waals surface area contributed by atoms with Gasteiger partial charge in [0.2, 0.25) is 0 Å². The van der Waals surface area contributed by atoms with Crippen molar-refractivity contribution < 1.29 is 5.11 Å². The van der Waals surface area contributed by atoms with Gasteiger partial charge in [-0.1, -0.05) is 39.0 Å². The molecule has 20 heavy (non-hydrogen) atoms. The van der Waals surface area contributed by atoms with Crippen molar-refractivity contribution in [3.05, 3.63) is 48.0 Å². The second-order valence-electron chi connectivity index (χ2n) is 6.06. The highest BCUT2D eigenvalue weighted by atomic mass is 16.3. The van der Waals surface area contributed by atoms with Gasteiger partial charge in [-0.3, -0.25) is 10.5 Å². The first-order valence-corrected chi connectivity index (χ1v) is 6.71. The molecule has 4 nitrogen and oxygen atoms in total. The number of phenolic OH excluding ortho intramolecular Hbond substituents is 1. The Morgan fingerprint density at radius 3 is 2.55 bits per heavy atom. The lowest BCUT2D eigenvalue weighted by molar-refractivity contribution is 0.475. The molecule has 1 heterocycles. The zero-order valence-electron chi connectivity index (χ0n) is 11.9. The molecule has 3 N–H and O–H groups in total. The van der Waals surface area contributed by atoms with Crippen molar-refractivity contribution in [2.75, 3.05) is 5.43 Å². The second-order valence-corrected chi connectivity index (χ2v) is 6.06. The van der Waals surface area contributed by atoms with E-state index >= 15 is 0 Å². The molecule has 0 saturated carbocycles. The minimum atomic E-state index is 0.0460. The van der Waals surface area contributed by atoms with Crippen molar-refractivity contribution >= 4 is 16.7 Å². The summed E-state index contributed by atoms with van der Waals surface area (Å²) in [6.07, 6.45) is 0. The van der Waals surface area contributed by atoms with Crippen molar-refractivity contribution in [1.29, 1.82) is 0 Å². The van der Waals surface area contributed by atoms with Gasteiger partial charge in [0.1, 0.15) is 11.3 Å². The summed E-state index contributed by atoms with van der Waals surface area (Å²) in [6.45, 7) is 6.46. The summed E-state index contributed by atoms with van der Waals surface area (Å²) in [6, 6.07) is 13.7. The Kier molecular flexibility index (Phi) is 2.74. The Balaban J connectivity index is 1.95. The number of rotatable bonds is 2. The van der Waals surface area contributed by atoms with Gasteiger partial charge in [-0.05, 0) is 35.2 Å². The summed E-state index contributed by atoms with van der Waals surface area (Å²) in [5.74, 6) is 0.240. The predicted molar refractivity (Wildman–Crippen MR) is 82.1 cm³/mol. The fourth-order valence-electron chi connectivity index (χ4n) is 2.19. The number of fused-ring (bicyclic) bond motifs is 1. The lowest BCUT2D eigenvalue weighted by Crippen LogP contribution is -2.19. The molecule has 0 unspecified atom stereocenters. The molecule has 104 valence electrons. The highest BCUT2D eigenvalue weighted by molar-refractivity contribution is 5.78. The molecule has 0 atom stereocenters. The predicted octanol–water partition coefficient (Wildman–Crippen LogP) is 3.85. The Labute approximate surface area is 118 Å². The van der Waals surface area contributed by atoms with Gasteiger partial charge >= 0.3 is 0 Å². The molecule has 2 aromatic carbocycles. The van der Waals surface area contributed by atoms with Crippen molar-refractivity contribution in [3.63, 3.8) is 0 Å². The van der Waals surface area contributed by atoms with Gasteiger partial charge in [-0.15, -0.1) is 0 Å². The standard InChI is InChI=1S/C16H19N3O/c1-16(2,3)11-8-9-15(20)13(10-11)18-19-14-7-5-4-6-12(14)17-19/h4-10,17-18,20H,1-3H3. The van der Waals surface area contributed by atoms with Crippen LogP contribution in [0.3, 0.4) is 0 Å². The number of hydrogen-bond acceptors (Lipinski definition) is 2. The molecule has 4 heteroatoms. The molecule has 0 aliphatic rings. The van der Waals surface area contributed by atoms with Gasteiger partial charge in [0.25, 0.3) is 0 Å². The van der Waals surface area contributed by atoms with E-state index in [-0.39, 0.29) is 11.2 Å². The molecule has 0 radical (unpaired) electrons. The molecule has 0 saturated heterocycles. The van der Waals surface area contributed by atoms with Gasteiger partial charge in [0.15, 0.2) is 0 Å². The number of aromatic amines is 1. The summed E-state index contributed by atoms with van der Waals surface area (Å²) in [5.41, 5.74) is 7.24. The summed E-state index contributed by atoms with van der Waals surface area (Å²) >= 11 is 0. The van der Waals surface area contributed by atoms with E-state index in [1.54, 1.807) is 10.9 Å². The number of aromatic hydroxyl groups is 1. The lowest BCUT2D eigenvalue weighted by Gasteiger charge is -2.22. The number of benzene rings is 2. The average Bonchev–Trinajstić information content (AvgIpc) is 2.36. The van der Waals surface area contributed by atoms with Crippen molar-refractivity contribution in [3.8, 4) is 5.75 Å². The fourth-order valence-corrected chi connectivity index (χ4v) is 2.19. The number of aromatic nitrogens is 2. The molecule has 3 rings (SSSR count). The van der Waals surface area contributed by atoms with Gasteiger partial charge < -0.3 is 5.11 Å². The first-order chi connectivity index (χ1) is 9.45. The topological polar surface area (TPSA) is 53.0 Å². The third-order valence-corrected chi connectivity index (χ3v) is 3.47. The summed E-state index contributed by atoms with van der Waals surface area (Å²) in [5, 5.41) is 13.2. The number of hydrogen-bond donors (Lipinski definition) is 3. The smallest absolute Gasteiger partial charge is 0.140 e. The number of nitrogens with one attached hydrogen (secondary N) is 2. The van der Waals surface area contributed by atoms with Crippen LogP contribution < -0.4 is 5.43 Å². The van der Waals surface area contributed by atoms with E-state index in [1.807, 2.05) is 36.4 Å². The Morgan fingerprint density at radius 2 is 1.85 bits per heavy atom. The maximum atomic E-state index is 10.0. The van der Waals surface area contributed by atoms with E-state index in [0.29, 0.717) is 5.69 Å². The second kappa shape index (κ2) is 4.34. The highest BCUT2D eigenvalue weighted by Gasteiger charge is 2.16. The average molecular weight is 269 g/mol. The zero-order valence-corrected chi connectivity index (χ0v) is 11.9. The van der Waals surface area contributed by atoms with Crippen molar-refractivity contribution in [2.24, 2.45) is 0 Å². The van der Waals surface area contributed by atoms with Crippen molar-refractivity contribution in [2.45, 2.75) is 26.2 Å². The van der Waals surface area contributed by atoms with Crippen LogP contribution in [0.1, 0.15) is 26.3 Å². The molecule has 1 aromatic heterocycles. The number of nitrogens with zero attached hydrogens (tertiary/aromatic N) is 1. The number of phenols is 1. The van der Waals surface area contributed by atoms with Crippen LogP contribution in [0.5, 0.6) is 5.75 Å². The van der Waals surface area contributed by atoms with Gasteiger partial charge in [-0.2, -0.15) is 4.79 Å².